The molecule has 0 saturated carbocycles. The highest BCUT2D eigenvalue weighted by Crippen LogP contribution is 2.24. The van der Waals surface area contributed by atoms with Crippen molar-refractivity contribution in [2.24, 2.45) is 5.73 Å². The van der Waals surface area contributed by atoms with Crippen molar-refractivity contribution in [2.75, 3.05) is 18.5 Å². The highest BCUT2D eigenvalue weighted by molar-refractivity contribution is 5.54. The second-order valence-electron chi connectivity index (χ2n) is 3.62. The molecule has 1 rings (SSSR count). The Kier molecular flexibility index (Phi) is 4.03. The van der Waals surface area contributed by atoms with Gasteiger partial charge in [-0.25, -0.2) is 8.78 Å². The molecule has 2 nitrogen and oxygen atoms in total. The molecule has 0 fully saturated rings. The van der Waals surface area contributed by atoms with E-state index >= 15 is 0 Å². The van der Waals surface area contributed by atoms with Gasteiger partial charge >= 0.3 is 0 Å². The number of halogens is 2. The van der Waals surface area contributed by atoms with Crippen molar-refractivity contribution in [3.63, 3.8) is 0 Å². The number of anilines is 1. The summed E-state index contributed by atoms with van der Waals surface area (Å²) in [5.41, 5.74) is 7.43. The minimum atomic E-state index is -2.34. The topological polar surface area (TPSA) is 29.3 Å². The summed E-state index contributed by atoms with van der Waals surface area (Å²) >= 11 is 0. The highest BCUT2D eigenvalue weighted by Gasteiger charge is 2.13. The van der Waals surface area contributed by atoms with Crippen molar-refractivity contribution in [3.8, 4) is 0 Å². The van der Waals surface area contributed by atoms with Crippen LogP contribution in [0.25, 0.3) is 0 Å². The molecule has 1 atom stereocenters. The summed E-state index contributed by atoms with van der Waals surface area (Å²) in [6.07, 6.45) is -2.34. The Hall–Kier alpha value is -1.16. The Labute approximate surface area is 88.7 Å². The van der Waals surface area contributed by atoms with Crippen molar-refractivity contribution in [1.82, 2.24) is 0 Å². The lowest BCUT2D eigenvalue weighted by molar-refractivity contribution is 0.156. The van der Waals surface area contributed by atoms with E-state index < -0.39 is 6.43 Å². The zero-order valence-electron chi connectivity index (χ0n) is 8.95. The van der Waals surface area contributed by atoms with Crippen LogP contribution >= 0.6 is 0 Å². The maximum absolute atomic E-state index is 12.2. The quantitative estimate of drug-likeness (QED) is 0.834. The van der Waals surface area contributed by atoms with Gasteiger partial charge in [0.1, 0.15) is 0 Å². The van der Waals surface area contributed by atoms with Gasteiger partial charge in [-0.2, -0.15) is 0 Å². The van der Waals surface area contributed by atoms with Crippen molar-refractivity contribution in [2.45, 2.75) is 19.4 Å². The molecule has 0 aliphatic carbocycles. The molecule has 0 spiro atoms. The summed E-state index contributed by atoms with van der Waals surface area (Å²) in [6.45, 7) is 1.57. The molecule has 2 N–H and O–H groups in total. The largest absolute Gasteiger partial charge is 0.369 e. The normalized spacial score (nSPS) is 12.9. The van der Waals surface area contributed by atoms with Crippen LogP contribution in [0.15, 0.2) is 24.3 Å². The first kappa shape index (κ1) is 11.9. The maximum atomic E-state index is 12.2. The van der Waals surface area contributed by atoms with Gasteiger partial charge in [0, 0.05) is 18.8 Å². The first-order chi connectivity index (χ1) is 7.02. The van der Waals surface area contributed by atoms with Crippen LogP contribution in [0.1, 0.15) is 18.5 Å². The van der Waals surface area contributed by atoms with Gasteiger partial charge in [0.2, 0.25) is 0 Å². The van der Waals surface area contributed by atoms with Crippen molar-refractivity contribution < 1.29 is 8.78 Å². The van der Waals surface area contributed by atoms with Gasteiger partial charge in [0.15, 0.2) is 0 Å². The fraction of sp³-hybridized carbons (Fsp3) is 0.455. The Balaban J connectivity index is 2.92. The second kappa shape index (κ2) is 5.07. The zero-order chi connectivity index (χ0) is 11.4. The first-order valence-corrected chi connectivity index (χ1v) is 4.86. The third kappa shape index (κ3) is 3.16. The summed E-state index contributed by atoms with van der Waals surface area (Å²) in [5, 5.41) is 0. The van der Waals surface area contributed by atoms with Crippen molar-refractivity contribution in [1.29, 1.82) is 0 Å². The van der Waals surface area contributed by atoms with Gasteiger partial charge in [-0.15, -0.1) is 0 Å². The monoisotopic (exact) mass is 214 g/mol. The van der Waals surface area contributed by atoms with Gasteiger partial charge in [0.25, 0.3) is 6.43 Å². The van der Waals surface area contributed by atoms with E-state index in [1.807, 2.05) is 25.1 Å². The summed E-state index contributed by atoms with van der Waals surface area (Å²) in [6, 6.07) is 7.20. The fourth-order valence-corrected chi connectivity index (χ4v) is 1.53. The van der Waals surface area contributed by atoms with E-state index in [1.165, 1.54) is 4.90 Å². The lowest BCUT2D eigenvalue weighted by Gasteiger charge is -2.23. The number of hydrogen-bond acceptors (Lipinski definition) is 2. The third-order valence-corrected chi connectivity index (χ3v) is 2.25. The van der Waals surface area contributed by atoms with E-state index in [2.05, 4.69) is 0 Å². The molecule has 0 aromatic heterocycles. The molecule has 15 heavy (non-hydrogen) atoms. The summed E-state index contributed by atoms with van der Waals surface area (Å²) in [7, 11) is 1.65. The number of hydrogen-bond donors (Lipinski definition) is 1. The molecule has 1 aromatic carbocycles. The van der Waals surface area contributed by atoms with E-state index in [9.17, 15) is 8.78 Å². The van der Waals surface area contributed by atoms with Gasteiger partial charge in [-0.05, 0) is 18.6 Å². The molecular weight excluding hydrogens is 198 g/mol. The molecule has 0 saturated heterocycles. The Morgan fingerprint density at radius 2 is 1.93 bits per heavy atom. The lowest BCUT2D eigenvalue weighted by Crippen LogP contribution is -2.26. The fourth-order valence-electron chi connectivity index (χ4n) is 1.53. The third-order valence-electron chi connectivity index (χ3n) is 2.25. The number of rotatable bonds is 4. The Morgan fingerprint density at radius 1 is 1.33 bits per heavy atom. The lowest BCUT2D eigenvalue weighted by atomic mass is 10.1. The summed E-state index contributed by atoms with van der Waals surface area (Å²) < 4.78 is 24.5. The molecule has 0 radical (unpaired) electrons. The van der Waals surface area contributed by atoms with Gasteiger partial charge in [-0.3, -0.25) is 0 Å². The van der Waals surface area contributed by atoms with Crippen LogP contribution in [0.5, 0.6) is 0 Å². The van der Waals surface area contributed by atoms with Crippen LogP contribution in [-0.2, 0) is 0 Å². The van der Waals surface area contributed by atoms with Crippen LogP contribution in [0, 0.1) is 0 Å². The average molecular weight is 214 g/mol. The summed E-state index contributed by atoms with van der Waals surface area (Å²) in [4.78, 5) is 1.53. The molecule has 0 heterocycles. The van der Waals surface area contributed by atoms with E-state index in [-0.39, 0.29) is 12.6 Å². The molecule has 0 aliphatic heterocycles. The van der Waals surface area contributed by atoms with E-state index in [0.717, 1.165) is 11.3 Å². The minimum Gasteiger partial charge on any atom is -0.369 e. The summed E-state index contributed by atoms with van der Waals surface area (Å²) in [5.74, 6) is 0. The number of benzene rings is 1. The molecule has 0 amide bonds. The number of para-hydroxylation sites is 1. The predicted molar refractivity (Wildman–Crippen MR) is 58.3 cm³/mol. The molecule has 1 aromatic rings. The SMILES string of the molecule is C[C@@H](N)c1ccccc1N(C)CC(F)F. The van der Waals surface area contributed by atoms with Crippen LogP contribution < -0.4 is 10.6 Å². The van der Waals surface area contributed by atoms with Gasteiger partial charge in [0.05, 0.1) is 6.54 Å². The average Bonchev–Trinajstić information content (AvgIpc) is 2.16. The Bertz CT molecular complexity index is 313. The minimum absolute atomic E-state index is 0.152. The van der Waals surface area contributed by atoms with Crippen LogP contribution in [-0.4, -0.2) is 20.0 Å². The second-order valence-corrected chi connectivity index (χ2v) is 3.62. The number of nitrogens with two attached hydrogens (primary N) is 1. The number of nitrogens with zero attached hydrogens (tertiary/aromatic N) is 1. The van der Waals surface area contributed by atoms with Crippen LogP contribution in [0.4, 0.5) is 14.5 Å². The van der Waals surface area contributed by atoms with Gasteiger partial charge < -0.3 is 10.6 Å². The molecule has 84 valence electrons. The Morgan fingerprint density at radius 3 is 2.47 bits per heavy atom. The standard InChI is InChI=1S/C11H16F2N2/c1-8(14)9-5-3-4-6-10(9)15(2)7-11(12)13/h3-6,8,11H,7,14H2,1-2H3/t8-/m1/s1. The van der Waals surface area contributed by atoms with Crippen molar-refractivity contribution >= 4 is 5.69 Å². The van der Waals surface area contributed by atoms with E-state index in [4.69, 9.17) is 5.73 Å². The molecular formula is C11H16F2N2. The first-order valence-electron chi connectivity index (χ1n) is 4.86. The van der Waals surface area contributed by atoms with Crippen LogP contribution in [0.2, 0.25) is 0 Å². The number of alkyl halides is 2. The van der Waals surface area contributed by atoms with E-state index in [0.29, 0.717) is 0 Å². The smallest absolute Gasteiger partial charge is 0.255 e. The molecule has 4 heteroatoms. The van der Waals surface area contributed by atoms with Crippen molar-refractivity contribution in [3.05, 3.63) is 29.8 Å². The van der Waals surface area contributed by atoms with Gasteiger partial charge in [-0.1, -0.05) is 18.2 Å². The molecule has 0 bridgehead atoms. The zero-order valence-corrected chi connectivity index (χ0v) is 8.95. The van der Waals surface area contributed by atoms with Crippen LogP contribution in [0.3, 0.4) is 0 Å². The molecule has 0 aliphatic rings. The maximum Gasteiger partial charge on any atom is 0.255 e. The highest BCUT2D eigenvalue weighted by atomic mass is 19.3. The van der Waals surface area contributed by atoms with E-state index in [1.54, 1.807) is 13.1 Å². The molecule has 0 unspecified atom stereocenters. The predicted octanol–water partition coefficient (Wildman–Crippen LogP) is 2.41.